The SMILES string of the molecule is Cc1cc(-c2ccnc(-c3[c-]cccc3)c2)ccc1F.[2H]C([2H])(C)c1cc(-c2ccnc(-c3[c-]cccc3)c2)ccc1F.[2H]C([2H])([2H])C([2H])(C)C([2H])([2H])c1cccc(-c2ccnc(-c3[c-]cccc3)c2)c1.[Ir].[Ir].[Ir].[c-]1ccccc1-c1ccccn1.[c-]1ccccc1-c1ccccn1.[c-]1ccccc1-c1ccccn1. The maximum atomic E-state index is 13.9. The van der Waals surface area contributed by atoms with Gasteiger partial charge >= 0.3 is 0 Å². The van der Waals surface area contributed by atoms with E-state index in [2.05, 4.69) is 66.3 Å². The largest absolute Gasteiger partial charge is 0.305 e. The van der Waals surface area contributed by atoms with Crippen molar-refractivity contribution in [3.8, 4) is 101 Å². The number of rotatable bonds is 12. The van der Waals surface area contributed by atoms with Gasteiger partial charge in [0.05, 0.1) is 0 Å². The molecule has 513 valence electrons. The third-order valence-electron chi connectivity index (χ3n) is 14.8. The molecule has 6 nitrogen and oxygen atoms in total. The molecule has 0 aliphatic carbocycles. The molecule has 6 aromatic heterocycles. The molecular formula is C91H72F2Ir3N6-6. The van der Waals surface area contributed by atoms with Gasteiger partial charge < -0.3 is 29.9 Å². The summed E-state index contributed by atoms with van der Waals surface area (Å²) in [5.74, 6) is -3.01. The zero-order valence-corrected chi connectivity index (χ0v) is 62.9. The van der Waals surface area contributed by atoms with Crippen molar-refractivity contribution in [2.45, 2.75) is 40.4 Å². The summed E-state index contributed by atoms with van der Waals surface area (Å²) in [4.78, 5) is 25.7. The predicted octanol–water partition coefficient (Wildman–Crippen LogP) is 22.6. The molecule has 0 bridgehead atoms. The van der Waals surface area contributed by atoms with Gasteiger partial charge in [0.25, 0.3) is 0 Å². The van der Waals surface area contributed by atoms with Gasteiger partial charge in [-0.2, -0.15) is 0 Å². The van der Waals surface area contributed by atoms with Gasteiger partial charge in [0, 0.05) is 108 Å². The molecule has 0 aliphatic rings. The maximum Gasteiger partial charge on any atom is 0.126 e. The average Bonchev–Trinajstić information content (AvgIpc) is 0.753. The minimum atomic E-state index is -2.76. The Kier molecular flexibility index (Phi) is 28.3. The fourth-order valence-electron chi connectivity index (χ4n) is 9.87. The Hall–Kier alpha value is -10.3. The Morgan fingerprint density at radius 2 is 0.667 bits per heavy atom. The van der Waals surface area contributed by atoms with Crippen LogP contribution >= 0.6 is 0 Å². The number of aryl methyl sites for hydroxylation is 2. The van der Waals surface area contributed by atoms with E-state index in [4.69, 9.17) is 11.0 Å². The number of pyridine rings is 6. The second kappa shape index (κ2) is 42.7. The smallest absolute Gasteiger partial charge is 0.126 e. The first-order valence-corrected chi connectivity index (χ1v) is 31.7. The summed E-state index contributed by atoms with van der Waals surface area (Å²) in [6.45, 7) is 1.47. The van der Waals surface area contributed by atoms with Crippen LogP contribution in [0.2, 0.25) is 0 Å². The van der Waals surface area contributed by atoms with Crippen molar-refractivity contribution in [2.24, 2.45) is 5.89 Å². The number of aromatic nitrogens is 6. The van der Waals surface area contributed by atoms with Crippen molar-refractivity contribution in [3.63, 3.8) is 0 Å². The van der Waals surface area contributed by atoms with E-state index in [9.17, 15) is 8.78 Å². The van der Waals surface area contributed by atoms with E-state index in [1.54, 1.807) is 74.4 Å². The van der Waals surface area contributed by atoms with Crippen LogP contribution in [-0.4, -0.2) is 29.9 Å². The van der Waals surface area contributed by atoms with Crippen molar-refractivity contribution in [3.05, 3.63) is 399 Å². The van der Waals surface area contributed by atoms with Crippen LogP contribution in [0.4, 0.5) is 8.78 Å². The molecule has 6 heterocycles. The van der Waals surface area contributed by atoms with Crippen LogP contribution in [0.5, 0.6) is 0 Å². The monoisotopic (exact) mass is 1870 g/mol. The molecule has 0 N–H and O–H groups in total. The van der Waals surface area contributed by atoms with Gasteiger partial charge in [-0.3, -0.25) is 0 Å². The summed E-state index contributed by atoms with van der Waals surface area (Å²) < 4.78 is 90.4. The van der Waals surface area contributed by atoms with Gasteiger partial charge in [0.2, 0.25) is 0 Å². The van der Waals surface area contributed by atoms with Crippen LogP contribution in [0, 0.1) is 60.9 Å². The number of nitrogens with zero attached hydrogens (tertiary/aromatic N) is 6. The Labute approximate surface area is 651 Å². The zero-order chi connectivity index (χ0) is 75.7. The summed E-state index contributed by atoms with van der Waals surface area (Å²) in [7, 11) is 0. The molecular weight excluding hydrogens is 1790 g/mol. The van der Waals surface area contributed by atoms with Crippen molar-refractivity contribution in [1.82, 2.24) is 29.9 Å². The molecule has 11 heteroatoms. The van der Waals surface area contributed by atoms with Crippen LogP contribution in [0.25, 0.3) is 101 Å². The Balaban J connectivity index is 0.000000188. The van der Waals surface area contributed by atoms with Crippen molar-refractivity contribution in [2.75, 3.05) is 0 Å². The van der Waals surface area contributed by atoms with Gasteiger partial charge in [-0.05, 0) is 170 Å². The van der Waals surface area contributed by atoms with Gasteiger partial charge in [0.1, 0.15) is 11.6 Å². The second-order valence-corrected chi connectivity index (χ2v) is 21.8. The van der Waals surface area contributed by atoms with E-state index < -0.39 is 31.3 Å². The van der Waals surface area contributed by atoms with Crippen molar-refractivity contribution >= 4 is 0 Å². The van der Waals surface area contributed by atoms with E-state index in [1.807, 2.05) is 249 Å². The minimum absolute atomic E-state index is 0. The molecule has 0 fully saturated rings. The summed E-state index contributed by atoms with van der Waals surface area (Å²) in [5, 5.41) is 0. The standard InChI is InChI=1S/C21H20N.C19H15FN.C18H13FN.3C11H8N.3Ir/c1-16(2)13-17-7-6-10-19(14-17)20-11-12-22-21(15-20)18-8-4-3-5-9-18;1-2-14-12-16(8-9-18(14)20)17-10-11-21-19(13-17)15-6-4-3-5-7-15;1-13-11-15(7-8-17(13)19)16-9-10-20-18(12-16)14-5-3-2-4-6-14;3*1-2-6-10(7-3-1)11-8-4-5-9-12-11;;;/h3-8,10-12,14-16H,13H2,1-2H3;3-6,8-13H,2H2,1H3;2-5,7-12H,1H3;3*1-6,8-9H;;;/q6*-1;;;/i1D3,13D2,16D;2D2;;;;;;;. The minimum Gasteiger partial charge on any atom is -0.305 e. The van der Waals surface area contributed by atoms with Gasteiger partial charge in [0.15, 0.2) is 0 Å². The molecule has 15 rings (SSSR count). The van der Waals surface area contributed by atoms with E-state index in [1.165, 1.54) is 25.1 Å². The average molecular weight is 1870 g/mol. The van der Waals surface area contributed by atoms with E-state index in [0.29, 0.717) is 5.56 Å². The topological polar surface area (TPSA) is 77.3 Å². The van der Waals surface area contributed by atoms with Crippen LogP contribution in [-0.2, 0) is 73.1 Å². The third-order valence-corrected chi connectivity index (χ3v) is 14.8. The number of hydrogen-bond donors (Lipinski definition) is 0. The third kappa shape index (κ3) is 24.5. The predicted molar refractivity (Wildman–Crippen MR) is 400 cm³/mol. The molecule has 9 aromatic carbocycles. The normalized spacial score (nSPS) is 12.1. The van der Waals surface area contributed by atoms with Crippen LogP contribution < -0.4 is 0 Å². The van der Waals surface area contributed by atoms with Crippen LogP contribution in [0.15, 0.2) is 334 Å². The molecule has 0 spiro atoms. The van der Waals surface area contributed by atoms with Crippen molar-refractivity contribution < 1.29 is 80.1 Å². The van der Waals surface area contributed by atoms with Crippen LogP contribution in [0.1, 0.15) is 48.4 Å². The molecule has 0 amide bonds. The van der Waals surface area contributed by atoms with Crippen molar-refractivity contribution in [1.29, 1.82) is 0 Å². The Morgan fingerprint density at radius 3 is 0.990 bits per heavy atom. The summed E-state index contributed by atoms with van der Waals surface area (Å²) in [6.07, 6.45) is 6.40. The number of benzene rings is 9. The number of halogens is 2. The Morgan fingerprint density at radius 1 is 0.343 bits per heavy atom. The van der Waals surface area contributed by atoms with Crippen LogP contribution in [0.3, 0.4) is 0 Å². The van der Waals surface area contributed by atoms with E-state index in [-0.39, 0.29) is 77.3 Å². The van der Waals surface area contributed by atoms with Gasteiger partial charge in [-0.15, -0.1) is 215 Å². The van der Waals surface area contributed by atoms with Gasteiger partial charge in [-0.25, -0.2) is 8.78 Å². The fraction of sp³-hybridized carbons (Fsp3) is 0.0769. The quantitative estimate of drug-likeness (QED) is 0.113. The molecule has 1 atom stereocenters. The second-order valence-electron chi connectivity index (χ2n) is 21.8. The fourth-order valence-corrected chi connectivity index (χ4v) is 9.87. The first kappa shape index (κ1) is 67.5. The summed E-state index contributed by atoms with van der Waals surface area (Å²) in [5.41, 5.74) is 17.1. The van der Waals surface area contributed by atoms with E-state index >= 15 is 0 Å². The molecule has 102 heavy (non-hydrogen) atoms. The summed E-state index contributed by atoms with van der Waals surface area (Å²) in [6, 6.07) is 110. The molecule has 15 aromatic rings. The maximum absolute atomic E-state index is 13.9. The molecule has 3 radical (unpaired) electrons. The molecule has 0 saturated carbocycles. The summed E-state index contributed by atoms with van der Waals surface area (Å²) >= 11 is 0. The molecule has 0 aliphatic heterocycles. The number of hydrogen-bond acceptors (Lipinski definition) is 6. The first-order valence-electron chi connectivity index (χ1n) is 35.7. The Bertz CT molecular complexity index is 4940. The zero-order valence-electron chi connectivity index (χ0n) is 63.7. The van der Waals surface area contributed by atoms with E-state index in [0.717, 1.165) is 108 Å². The molecule has 1 unspecified atom stereocenters. The first-order chi connectivity index (χ1) is 51.6. The molecule has 0 saturated heterocycles. The van der Waals surface area contributed by atoms with Gasteiger partial charge in [-0.1, -0.05) is 112 Å².